The Morgan fingerprint density at radius 2 is 1.47 bits per heavy atom. The molecule has 0 radical (unpaired) electrons. The number of benzene rings is 1. The number of halogens is 7. The van der Waals surface area contributed by atoms with E-state index in [0.717, 1.165) is 0 Å². The summed E-state index contributed by atoms with van der Waals surface area (Å²) in [6, 6.07) is 0.0943. The number of hydrogen-bond acceptors (Lipinski definition) is 3. The van der Waals surface area contributed by atoms with Gasteiger partial charge in [-0.15, -0.1) is 0 Å². The van der Waals surface area contributed by atoms with E-state index in [1.165, 1.54) is 0 Å². The van der Waals surface area contributed by atoms with Gasteiger partial charge in [-0.25, -0.2) is 8.42 Å². The smallest absolute Gasteiger partial charge is 0.418 e. The topological polar surface area (TPSA) is 54.4 Å². The second kappa shape index (κ2) is 4.44. The Kier molecular flexibility index (Phi) is 3.72. The molecule has 0 saturated heterocycles. The predicted molar refractivity (Wildman–Crippen MR) is 51.1 cm³/mol. The molecule has 19 heavy (non-hydrogen) atoms. The summed E-state index contributed by atoms with van der Waals surface area (Å²) in [5.41, 5.74) is -4.80. The van der Waals surface area contributed by atoms with Crippen molar-refractivity contribution in [1.29, 1.82) is 0 Å². The Bertz CT molecular complexity index is 604. The molecule has 0 unspecified atom stereocenters. The summed E-state index contributed by atoms with van der Waals surface area (Å²) in [5.74, 6) is -1.52. The third kappa shape index (κ3) is 3.24. The van der Waals surface area contributed by atoms with Gasteiger partial charge in [0.1, 0.15) is 10.6 Å². The van der Waals surface area contributed by atoms with Crippen molar-refractivity contribution < 1.29 is 39.9 Å². The van der Waals surface area contributed by atoms with E-state index in [0.29, 0.717) is 0 Å². The quantitative estimate of drug-likeness (QED) is 0.635. The van der Waals surface area contributed by atoms with Gasteiger partial charge in [-0.1, -0.05) is 0 Å². The van der Waals surface area contributed by atoms with E-state index < -0.39 is 43.2 Å². The Balaban J connectivity index is 3.94. The lowest BCUT2D eigenvalue weighted by Crippen LogP contribution is -2.19. The first-order valence-electron chi connectivity index (χ1n) is 4.21. The zero-order chi connectivity index (χ0) is 15.2. The summed E-state index contributed by atoms with van der Waals surface area (Å²) in [5, 5.41) is 9.05. The number of phenolic OH excluding ortho intramolecular Hbond substituents is 1. The molecule has 0 aliphatic carbocycles. The molecule has 11 heteroatoms. The average molecular weight is 329 g/mol. The first kappa shape index (κ1) is 15.9. The van der Waals surface area contributed by atoms with Gasteiger partial charge in [0.15, 0.2) is 0 Å². The molecule has 0 atom stereocenters. The minimum atomic E-state index is -5.67. The molecule has 1 N–H and O–H groups in total. The normalized spacial score (nSPS) is 13.6. The summed E-state index contributed by atoms with van der Waals surface area (Å²) in [4.78, 5) is -2.02. The maximum absolute atomic E-state index is 12.6. The van der Waals surface area contributed by atoms with E-state index >= 15 is 0 Å². The van der Waals surface area contributed by atoms with E-state index in [1.54, 1.807) is 0 Å². The van der Waals surface area contributed by atoms with Crippen molar-refractivity contribution in [2.45, 2.75) is 17.2 Å². The van der Waals surface area contributed by atoms with Crippen molar-refractivity contribution in [3.63, 3.8) is 0 Å². The lowest BCUT2D eigenvalue weighted by molar-refractivity contribution is -0.163. The van der Waals surface area contributed by atoms with Crippen LogP contribution in [0.15, 0.2) is 17.0 Å². The minimum absolute atomic E-state index is 0.0796. The van der Waals surface area contributed by atoms with Crippen molar-refractivity contribution in [3.05, 3.63) is 23.3 Å². The van der Waals surface area contributed by atoms with Crippen LogP contribution < -0.4 is 0 Å². The van der Waals surface area contributed by atoms with Crippen LogP contribution in [0.4, 0.5) is 26.3 Å². The molecule has 0 aliphatic heterocycles. The summed E-state index contributed by atoms with van der Waals surface area (Å²) >= 11 is 0. The average Bonchev–Trinajstić information content (AvgIpc) is 2.11. The summed E-state index contributed by atoms with van der Waals surface area (Å²) in [7, 11) is -0.586. The van der Waals surface area contributed by atoms with Crippen LogP contribution in [-0.4, -0.2) is 13.5 Å². The lowest BCUT2D eigenvalue weighted by Gasteiger charge is -2.18. The highest BCUT2D eigenvalue weighted by Crippen LogP contribution is 2.46. The first-order chi connectivity index (χ1) is 8.26. The van der Waals surface area contributed by atoms with Gasteiger partial charge in [0.2, 0.25) is 0 Å². The molecule has 0 amide bonds. The van der Waals surface area contributed by atoms with E-state index in [9.17, 15) is 34.8 Å². The van der Waals surface area contributed by atoms with Gasteiger partial charge in [0.25, 0.3) is 9.05 Å². The third-order valence-electron chi connectivity index (χ3n) is 1.97. The monoisotopic (exact) mass is 328 g/mol. The molecule has 0 heterocycles. The van der Waals surface area contributed by atoms with Gasteiger partial charge in [-0.05, 0) is 12.1 Å². The predicted octanol–water partition coefficient (Wildman–Crippen LogP) is 3.36. The summed E-state index contributed by atoms with van der Waals surface area (Å²) in [6.07, 6.45) is -11.1. The highest BCUT2D eigenvalue weighted by atomic mass is 35.7. The Hall–Kier alpha value is -1.16. The van der Waals surface area contributed by atoms with Gasteiger partial charge in [-0.2, -0.15) is 26.3 Å². The molecule has 1 rings (SSSR count). The molecule has 0 spiro atoms. The van der Waals surface area contributed by atoms with Crippen LogP contribution in [0.2, 0.25) is 0 Å². The van der Waals surface area contributed by atoms with Gasteiger partial charge in [-0.3, -0.25) is 0 Å². The molecule has 0 aromatic heterocycles. The SMILES string of the molecule is O=S(=O)(Cl)c1c(O)ccc(C(F)(F)F)c1C(F)(F)F. The maximum atomic E-state index is 12.6. The molecule has 0 fully saturated rings. The van der Waals surface area contributed by atoms with Crippen molar-refractivity contribution in [1.82, 2.24) is 0 Å². The fourth-order valence-corrected chi connectivity index (χ4v) is 2.59. The number of alkyl halides is 6. The first-order valence-corrected chi connectivity index (χ1v) is 6.52. The lowest BCUT2D eigenvalue weighted by atomic mass is 10.1. The summed E-state index contributed by atoms with van der Waals surface area (Å²) in [6.45, 7) is 0. The molecule has 108 valence electrons. The number of aromatic hydroxyl groups is 1. The number of phenols is 1. The van der Waals surface area contributed by atoms with Crippen LogP contribution >= 0.6 is 10.7 Å². The number of hydrogen-bond donors (Lipinski definition) is 1. The molecule has 0 bridgehead atoms. The van der Waals surface area contributed by atoms with Crippen LogP contribution in [0.5, 0.6) is 5.75 Å². The Morgan fingerprint density at radius 3 is 1.79 bits per heavy atom. The minimum Gasteiger partial charge on any atom is -0.507 e. The van der Waals surface area contributed by atoms with Crippen LogP contribution in [0, 0.1) is 0 Å². The molecule has 0 saturated carbocycles. The van der Waals surface area contributed by atoms with Gasteiger partial charge >= 0.3 is 12.4 Å². The van der Waals surface area contributed by atoms with Gasteiger partial charge in [0.05, 0.1) is 11.1 Å². The van der Waals surface area contributed by atoms with Crippen molar-refractivity contribution >= 4 is 19.7 Å². The van der Waals surface area contributed by atoms with Crippen LogP contribution in [0.1, 0.15) is 11.1 Å². The van der Waals surface area contributed by atoms with Crippen molar-refractivity contribution in [2.24, 2.45) is 0 Å². The zero-order valence-electron chi connectivity index (χ0n) is 8.47. The molecule has 0 aliphatic rings. The van der Waals surface area contributed by atoms with E-state index in [-0.39, 0.29) is 12.1 Å². The second-order valence-electron chi connectivity index (χ2n) is 3.27. The van der Waals surface area contributed by atoms with Crippen molar-refractivity contribution in [3.8, 4) is 5.75 Å². The van der Waals surface area contributed by atoms with Crippen LogP contribution in [0.3, 0.4) is 0 Å². The second-order valence-corrected chi connectivity index (χ2v) is 5.77. The highest BCUT2D eigenvalue weighted by Gasteiger charge is 2.48. The molecular formula is C8H3ClF6O3S. The van der Waals surface area contributed by atoms with Gasteiger partial charge in [0, 0.05) is 10.7 Å². The van der Waals surface area contributed by atoms with E-state index in [1.807, 2.05) is 0 Å². The standard InChI is InChI=1S/C8H3ClF6O3S/c9-19(17,18)6-4(16)2-1-3(7(10,11)12)5(6)8(13,14)15/h1-2,16H. The molecular weight excluding hydrogens is 326 g/mol. The van der Waals surface area contributed by atoms with Crippen LogP contribution in [-0.2, 0) is 21.4 Å². The Labute approximate surface area is 106 Å². The third-order valence-corrected chi connectivity index (χ3v) is 3.33. The Morgan fingerprint density at radius 1 is 1.00 bits per heavy atom. The largest absolute Gasteiger partial charge is 0.507 e. The van der Waals surface area contributed by atoms with E-state index in [4.69, 9.17) is 5.11 Å². The zero-order valence-corrected chi connectivity index (χ0v) is 10.0. The molecule has 3 nitrogen and oxygen atoms in total. The molecule has 1 aromatic rings. The summed E-state index contributed by atoms with van der Waals surface area (Å²) < 4.78 is 97.1. The number of rotatable bonds is 1. The maximum Gasteiger partial charge on any atom is 0.418 e. The highest BCUT2D eigenvalue weighted by molar-refractivity contribution is 8.13. The van der Waals surface area contributed by atoms with Crippen molar-refractivity contribution in [2.75, 3.05) is 0 Å². The fraction of sp³-hybridized carbons (Fsp3) is 0.250. The van der Waals surface area contributed by atoms with Crippen LogP contribution in [0.25, 0.3) is 0 Å². The van der Waals surface area contributed by atoms with Gasteiger partial charge < -0.3 is 5.11 Å². The van der Waals surface area contributed by atoms with E-state index in [2.05, 4.69) is 10.7 Å². The molecule has 1 aromatic carbocycles. The fourth-order valence-electron chi connectivity index (χ4n) is 1.34.